The van der Waals surface area contributed by atoms with Crippen LogP contribution in [0.4, 0.5) is 5.69 Å². The first kappa shape index (κ1) is 26.3. The molecule has 0 unspecified atom stereocenters. The third-order valence-corrected chi connectivity index (χ3v) is 9.17. The third-order valence-electron chi connectivity index (χ3n) is 9.17. The minimum absolute atomic E-state index is 0.703. The number of hydrogen-bond acceptors (Lipinski definition) is 2. The van der Waals surface area contributed by atoms with Crippen molar-refractivity contribution in [3.63, 3.8) is 0 Å². The van der Waals surface area contributed by atoms with Crippen molar-refractivity contribution in [2.75, 3.05) is 5.73 Å². The van der Waals surface area contributed by atoms with E-state index in [0.29, 0.717) is 5.69 Å². The lowest BCUT2D eigenvalue weighted by Gasteiger charge is -2.12. The fourth-order valence-corrected chi connectivity index (χ4v) is 7.15. The zero-order valence-corrected chi connectivity index (χ0v) is 25.4. The topological polar surface area (TPSA) is 48.8 Å². The molecule has 4 heteroatoms. The predicted molar refractivity (Wildman–Crippen MR) is 195 cm³/mol. The summed E-state index contributed by atoms with van der Waals surface area (Å²) in [5.41, 5.74) is 18.0. The number of nitrogens with two attached hydrogens (primary N) is 1. The molecule has 46 heavy (non-hydrogen) atoms. The van der Waals surface area contributed by atoms with Gasteiger partial charge in [-0.25, -0.2) is 4.98 Å². The number of anilines is 1. The smallest absolute Gasteiger partial charge is 0.0944 e. The van der Waals surface area contributed by atoms with Crippen molar-refractivity contribution in [1.82, 2.24) is 14.1 Å². The molecule has 0 radical (unpaired) electrons. The molecule has 0 saturated heterocycles. The molecule has 3 aromatic heterocycles. The molecular weight excluding hydrogens is 560 g/mol. The van der Waals surface area contributed by atoms with Crippen LogP contribution < -0.4 is 5.73 Å². The van der Waals surface area contributed by atoms with Gasteiger partial charge in [0.25, 0.3) is 0 Å². The molecule has 0 atom stereocenters. The van der Waals surface area contributed by atoms with Crippen LogP contribution in [0.25, 0.3) is 83.2 Å². The Morgan fingerprint density at radius 3 is 2.13 bits per heavy atom. The summed E-state index contributed by atoms with van der Waals surface area (Å²) in [4.78, 5) is 5.07. The van der Waals surface area contributed by atoms with Crippen LogP contribution in [-0.4, -0.2) is 14.1 Å². The maximum atomic E-state index is 6.59. The molecule has 6 aromatic carbocycles. The summed E-state index contributed by atoms with van der Waals surface area (Å²) in [6, 6.07) is 49.7. The first-order valence-corrected chi connectivity index (χ1v) is 15.6. The minimum Gasteiger partial charge on any atom is -0.396 e. The SMILES string of the molecule is C/C=C\c1ccc2ccc(-c3cccc(-n4c5ccccc5c5c4ccc4c6ccccc6n(-c6ccccc6)c45)c3)nc2c1N. The number of hydrogen-bond donors (Lipinski definition) is 1. The molecule has 0 fully saturated rings. The van der Waals surface area contributed by atoms with Crippen molar-refractivity contribution in [3.8, 4) is 22.6 Å². The molecule has 218 valence electrons. The second-order valence-corrected chi connectivity index (χ2v) is 11.8. The van der Waals surface area contributed by atoms with Crippen LogP contribution in [0, 0.1) is 0 Å². The molecule has 9 aromatic rings. The lowest BCUT2D eigenvalue weighted by atomic mass is 10.1. The molecule has 2 N–H and O–H groups in total. The van der Waals surface area contributed by atoms with Crippen LogP contribution in [0.15, 0.2) is 146 Å². The Morgan fingerprint density at radius 2 is 1.30 bits per heavy atom. The van der Waals surface area contributed by atoms with Crippen molar-refractivity contribution >= 4 is 66.3 Å². The normalized spacial score (nSPS) is 12.0. The molecule has 0 aliphatic carbocycles. The van der Waals surface area contributed by atoms with Gasteiger partial charge in [-0.15, -0.1) is 0 Å². The fourth-order valence-electron chi connectivity index (χ4n) is 7.15. The highest BCUT2D eigenvalue weighted by molar-refractivity contribution is 6.26. The molecule has 0 amide bonds. The number of rotatable bonds is 4. The molecule has 0 spiro atoms. The molecule has 9 rings (SSSR count). The highest BCUT2D eigenvalue weighted by Gasteiger charge is 2.20. The van der Waals surface area contributed by atoms with Gasteiger partial charge in [0.2, 0.25) is 0 Å². The number of nitrogen functional groups attached to an aromatic ring is 1. The van der Waals surface area contributed by atoms with Gasteiger partial charge in [-0.2, -0.15) is 0 Å². The monoisotopic (exact) mass is 590 g/mol. The maximum absolute atomic E-state index is 6.59. The zero-order valence-electron chi connectivity index (χ0n) is 25.4. The van der Waals surface area contributed by atoms with Crippen molar-refractivity contribution in [2.24, 2.45) is 0 Å². The van der Waals surface area contributed by atoms with Crippen LogP contribution >= 0.6 is 0 Å². The van der Waals surface area contributed by atoms with E-state index in [2.05, 4.69) is 149 Å². The fraction of sp³-hybridized carbons (Fsp3) is 0.0238. The number of allylic oxidation sites excluding steroid dienone is 1. The second-order valence-electron chi connectivity index (χ2n) is 11.8. The van der Waals surface area contributed by atoms with Crippen LogP contribution in [-0.2, 0) is 0 Å². The van der Waals surface area contributed by atoms with E-state index < -0.39 is 0 Å². The van der Waals surface area contributed by atoms with Crippen LogP contribution in [0.2, 0.25) is 0 Å². The van der Waals surface area contributed by atoms with E-state index in [9.17, 15) is 0 Å². The number of benzene rings is 6. The van der Waals surface area contributed by atoms with Crippen molar-refractivity contribution in [1.29, 1.82) is 0 Å². The van der Waals surface area contributed by atoms with Gasteiger partial charge in [-0.1, -0.05) is 103 Å². The standard InChI is InChI=1S/C42H30N4/c1-2-11-27-20-21-28-22-24-35(44-41(28)40(27)43)29-12-10-15-31(26-29)45-37-19-9-7-17-34(37)39-38(45)25-23-33-32-16-6-8-18-36(32)46(42(33)39)30-13-4-3-5-14-30/h2-26H,43H2,1H3/b11-2-. The average Bonchev–Trinajstić information content (AvgIpc) is 3.63. The highest BCUT2D eigenvalue weighted by atomic mass is 15.0. The Labute approximate surface area is 266 Å². The lowest BCUT2D eigenvalue weighted by Crippen LogP contribution is -1.97. The van der Waals surface area contributed by atoms with Gasteiger partial charge >= 0.3 is 0 Å². The van der Waals surface area contributed by atoms with Gasteiger partial charge in [-0.3, -0.25) is 0 Å². The van der Waals surface area contributed by atoms with Crippen LogP contribution in [0.5, 0.6) is 0 Å². The second kappa shape index (κ2) is 10.2. The van der Waals surface area contributed by atoms with E-state index in [1.807, 2.05) is 19.1 Å². The average molecular weight is 591 g/mol. The van der Waals surface area contributed by atoms with Crippen molar-refractivity contribution in [2.45, 2.75) is 6.92 Å². The lowest BCUT2D eigenvalue weighted by molar-refractivity contribution is 1.17. The summed E-state index contributed by atoms with van der Waals surface area (Å²) in [5, 5.41) is 6.00. The molecule has 4 nitrogen and oxygen atoms in total. The van der Waals surface area contributed by atoms with E-state index in [4.69, 9.17) is 10.7 Å². The van der Waals surface area contributed by atoms with Crippen molar-refractivity contribution < 1.29 is 0 Å². The predicted octanol–water partition coefficient (Wildman–Crippen LogP) is 10.7. The van der Waals surface area contributed by atoms with Gasteiger partial charge in [0.15, 0.2) is 0 Å². The summed E-state index contributed by atoms with van der Waals surface area (Å²) in [7, 11) is 0. The van der Waals surface area contributed by atoms with E-state index in [-0.39, 0.29) is 0 Å². The van der Waals surface area contributed by atoms with Crippen LogP contribution in [0.1, 0.15) is 12.5 Å². The Balaban J connectivity index is 1.32. The van der Waals surface area contributed by atoms with E-state index >= 15 is 0 Å². The number of para-hydroxylation sites is 3. The molecular formula is C42H30N4. The molecule has 0 bridgehead atoms. The molecule has 0 aliphatic heterocycles. The Morgan fingerprint density at radius 1 is 0.587 bits per heavy atom. The summed E-state index contributed by atoms with van der Waals surface area (Å²) in [5.74, 6) is 0. The van der Waals surface area contributed by atoms with Gasteiger partial charge in [-0.05, 0) is 61.0 Å². The summed E-state index contributed by atoms with van der Waals surface area (Å²) < 4.78 is 4.81. The van der Waals surface area contributed by atoms with E-state index in [1.165, 1.54) is 38.1 Å². The Bertz CT molecular complexity index is 2660. The van der Waals surface area contributed by atoms with Gasteiger partial charge in [0, 0.05) is 43.9 Å². The van der Waals surface area contributed by atoms with Crippen molar-refractivity contribution in [3.05, 3.63) is 151 Å². The minimum atomic E-state index is 0.703. The quantitative estimate of drug-likeness (QED) is 0.207. The largest absolute Gasteiger partial charge is 0.396 e. The first-order valence-electron chi connectivity index (χ1n) is 15.6. The number of aromatic nitrogens is 3. The molecule has 0 aliphatic rings. The van der Waals surface area contributed by atoms with Crippen LogP contribution in [0.3, 0.4) is 0 Å². The first-order chi connectivity index (χ1) is 22.7. The number of nitrogens with zero attached hydrogens (tertiary/aromatic N) is 3. The summed E-state index contributed by atoms with van der Waals surface area (Å²) >= 11 is 0. The Hall–Kier alpha value is -6.13. The van der Waals surface area contributed by atoms with E-state index in [1.54, 1.807) is 0 Å². The molecule has 3 heterocycles. The van der Waals surface area contributed by atoms with Gasteiger partial charge < -0.3 is 14.9 Å². The van der Waals surface area contributed by atoms with Gasteiger partial charge in [0.05, 0.1) is 39.0 Å². The third kappa shape index (κ3) is 3.83. The Kier molecular flexibility index (Phi) is 5.84. The summed E-state index contributed by atoms with van der Waals surface area (Å²) in [6.45, 7) is 2.00. The number of pyridine rings is 1. The van der Waals surface area contributed by atoms with Gasteiger partial charge in [0.1, 0.15) is 0 Å². The number of fused-ring (bicyclic) bond motifs is 8. The maximum Gasteiger partial charge on any atom is 0.0944 e. The van der Waals surface area contributed by atoms with E-state index in [0.717, 1.165) is 44.6 Å². The molecule has 0 saturated carbocycles. The highest BCUT2D eigenvalue weighted by Crippen LogP contribution is 2.42. The summed E-state index contributed by atoms with van der Waals surface area (Å²) in [6.07, 6.45) is 4.03. The zero-order chi connectivity index (χ0) is 30.8.